The van der Waals surface area contributed by atoms with E-state index in [0.29, 0.717) is 22.8 Å². The molecule has 1 fully saturated rings. The van der Waals surface area contributed by atoms with Gasteiger partial charge in [-0.2, -0.15) is 0 Å². The lowest BCUT2D eigenvalue weighted by Gasteiger charge is -2.16. The summed E-state index contributed by atoms with van der Waals surface area (Å²) < 4.78 is 33.7. The van der Waals surface area contributed by atoms with Crippen LogP contribution in [0.2, 0.25) is 0 Å². The van der Waals surface area contributed by atoms with Crippen molar-refractivity contribution in [3.63, 3.8) is 0 Å². The summed E-state index contributed by atoms with van der Waals surface area (Å²) in [6, 6.07) is 6.29. The summed E-state index contributed by atoms with van der Waals surface area (Å²) >= 11 is 1.29. The van der Waals surface area contributed by atoms with Crippen molar-refractivity contribution in [3.8, 4) is 0 Å². The van der Waals surface area contributed by atoms with Gasteiger partial charge in [-0.1, -0.05) is 0 Å². The Morgan fingerprint density at radius 1 is 1.40 bits per heavy atom. The largest absolute Gasteiger partial charge is 0.462 e. The van der Waals surface area contributed by atoms with Gasteiger partial charge in [0.25, 0.3) is 0 Å². The Balaban J connectivity index is 0.00000225. The summed E-state index contributed by atoms with van der Waals surface area (Å²) in [6.07, 6.45) is 2.02. The molecule has 1 aliphatic rings. The second-order valence-electron chi connectivity index (χ2n) is 5.83. The smallest absolute Gasteiger partial charge is 0.348 e. The average Bonchev–Trinajstić information content (AvgIpc) is 3.30. The lowest BCUT2D eigenvalue weighted by Crippen LogP contribution is -2.41. The number of nitrogens with one attached hydrogen (secondary N) is 1. The third kappa shape index (κ3) is 4.51. The maximum absolute atomic E-state index is 12.6. The van der Waals surface area contributed by atoms with Gasteiger partial charge in [-0.05, 0) is 55.3 Å². The minimum atomic E-state index is -3.63. The number of rotatable bonds is 7. The SMILES string of the molecule is CCOC(=O)c1cc2cc(S(=O)(=O)NC(CN)C3CC3)ccc2s1.Cl. The van der Waals surface area contributed by atoms with E-state index in [9.17, 15) is 13.2 Å². The van der Waals surface area contributed by atoms with E-state index in [2.05, 4.69) is 4.72 Å². The van der Waals surface area contributed by atoms with E-state index in [4.69, 9.17) is 10.5 Å². The second kappa shape index (κ2) is 8.01. The Labute approximate surface area is 157 Å². The van der Waals surface area contributed by atoms with E-state index in [0.717, 1.165) is 17.5 Å². The lowest BCUT2D eigenvalue weighted by molar-refractivity contribution is 0.0532. The maximum Gasteiger partial charge on any atom is 0.348 e. The fourth-order valence-corrected chi connectivity index (χ4v) is 4.88. The van der Waals surface area contributed by atoms with Crippen molar-refractivity contribution >= 4 is 49.8 Å². The predicted octanol–water partition coefficient (Wildman–Crippen LogP) is 2.52. The highest BCUT2D eigenvalue weighted by atomic mass is 35.5. The van der Waals surface area contributed by atoms with Crippen molar-refractivity contribution < 1.29 is 17.9 Å². The van der Waals surface area contributed by atoms with Gasteiger partial charge in [-0.3, -0.25) is 0 Å². The Kier molecular flexibility index (Phi) is 6.45. The Hall–Kier alpha value is -1.19. The van der Waals surface area contributed by atoms with E-state index in [1.165, 1.54) is 11.3 Å². The molecule has 3 rings (SSSR count). The number of esters is 1. The van der Waals surface area contributed by atoms with Crippen LogP contribution in [0.25, 0.3) is 10.1 Å². The molecule has 138 valence electrons. The molecule has 1 aromatic heterocycles. The number of hydrogen-bond donors (Lipinski definition) is 2. The number of nitrogens with two attached hydrogens (primary N) is 1. The number of benzene rings is 1. The highest BCUT2D eigenvalue weighted by Crippen LogP contribution is 2.33. The molecule has 1 heterocycles. The van der Waals surface area contributed by atoms with E-state index >= 15 is 0 Å². The minimum absolute atomic E-state index is 0. The molecule has 25 heavy (non-hydrogen) atoms. The fraction of sp³-hybridized carbons (Fsp3) is 0.438. The second-order valence-corrected chi connectivity index (χ2v) is 8.63. The number of sulfonamides is 1. The molecule has 1 aliphatic carbocycles. The molecular weight excluding hydrogens is 384 g/mol. The predicted molar refractivity (Wildman–Crippen MR) is 101 cm³/mol. The van der Waals surface area contributed by atoms with Gasteiger partial charge in [-0.15, -0.1) is 23.7 Å². The summed E-state index contributed by atoms with van der Waals surface area (Å²) in [5.41, 5.74) is 5.68. The first-order valence-electron chi connectivity index (χ1n) is 7.87. The van der Waals surface area contributed by atoms with Crippen LogP contribution < -0.4 is 10.5 Å². The molecule has 0 amide bonds. The summed E-state index contributed by atoms with van der Waals surface area (Å²) in [7, 11) is -3.63. The molecule has 0 bridgehead atoms. The Morgan fingerprint density at radius 3 is 2.72 bits per heavy atom. The number of ether oxygens (including phenoxy) is 1. The zero-order chi connectivity index (χ0) is 17.3. The van der Waals surface area contributed by atoms with Gasteiger partial charge in [0.1, 0.15) is 4.88 Å². The molecule has 9 heteroatoms. The molecule has 0 saturated heterocycles. The fourth-order valence-electron chi connectivity index (χ4n) is 2.59. The minimum Gasteiger partial charge on any atom is -0.462 e. The van der Waals surface area contributed by atoms with Crippen molar-refractivity contribution in [1.29, 1.82) is 0 Å². The third-order valence-electron chi connectivity index (χ3n) is 4.03. The van der Waals surface area contributed by atoms with Gasteiger partial charge >= 0.3 is 5.97 Å². The van der Waals surface area contributed by atoms with Crippen LogP contribution in [0.1, 0.15) is 29.4 Å². The quantitative estimate of drug-likeness (QED) is 0.691. The van der Waals surface area contributed by atoms with E-state index in [1.807, 2.05) is 0 Å². The lowest BCUT2D eigenvalue weighted by atomic mass is 10.2. The maximum atomic E-state index is 12.6. The number of carbonyl (C=O) groups excluding carboxylic acids is 1. The molecule has 1 unspecified atom stereocenters. The van der Waals surface area contributed by atoms with Crippen LogP contribution in [0.4, 0.5) is 0 Å². The summed E-state index contributed by atoms with van der Waals surface area (Å²) in [5.74, 6) is -0.0526. The van der Waals surface area contributed by atoms with E-state index in [-0.39, 0.29) is 29.9 Å². The van der Waals surface area contributed by atoms with Gasteiger partial charge < -0.3 is 10.5 Å². The standard InChI is InChI=1S/C16H20N2O4S2.ClH/c1-2-22-16(19)15-8-11-7-12(5-6-14(11)23-15)24(20,21)18-13(9-17)10-3-4-10;/h5-8,10,13,18H,2-4,9,17H2,1H3;1H. The van der Waals surface area contributed by atoms with Gasteiger partial charge in [0.05, 0.1) is 11.5 Å². The van der Waals surface area contributed by atoms with Crippen LogP contribution in [0, 0.1) is 5.92 Å². The first-order valence-corrected chi connectivity index (χ1v) is 10.2. The van der Waals surface area contributed by atoms with Crippen molar-refractivity contribution in [3.05, 3.63) is 29.1 Å². The first kappa shape index (κ1) is 20.1. The van der Waals surface area contributed by atoms with Crippen LogP contribution >= 0.6 is 23.7 Å². The number of thiophene rings is 1. The number of hydrogen-bond acceptors (Lipinski definition) is 6. The normalized spacial score (nSPS) is 15.6. The highest BCUT2D eigenvalue weighted by Gasteiger charge is 2.33. The van der Waals surface area contributed by atoms with Crippen molar-refractivity contribution in [1.82, 2.24) is 4.72 Å². The van der Waals surface area contributed by atoms with E-state index in [1.54, 1.807) is 31.2 Å². The zero-order valence-corrected chi connectivity index (χ0v) is 16.2. The summed E-state index contributed by atoms with van der Waals surface area (Å²) in [6.45, 7) is 2.34. The molecule has 1 atom stereocenters. The van der Waals surface area contributed by atoms with E-state index < -0.39 is 16.0 Å². The van der Waals surface area contributed by atoms with Crippen molar-refractivity contribution in [2.75, 3.05) is 13.2 Å². The molecule has 2 aromatic rings. The van der Waals surface area contributed by atoms with Crippen LogP contribution in [-0.2, 0) is 14.8 Å². The molecule has 0 aliphatic heterocycles. The Bertz CT molecular complexity index is 862. The highest BCUT2D eigenvalue weighted by molar-refractivity contribution is 7.89. The first-order chi connectivity index (χ1) is 11.4. The molecule has 3 N–H and O–H groups in total. The molecular formula is C16H21ClN2O4S2. The van der Waals surface area contributed by atoms with Crippen LogP contribution in [-0.4, -0.2) is 33.6 Å². The van der Waals surface area contributed by atoms with Gasteiger partial charge in [-0.25, -0.2) is 17.9 Å². The average molecular weight is 405 g/mol. The van der Waals surface area contributed by atoms with Crippen LogP contribution in [0.15, 0.2) is 29.2 Å². The van der Waals surface area contributed by atoms with Gasteiger partial charge in [0.15, 0.2) is 0 Å². The zero-order valence-electron chi connectivity index (χ0n) is 13.7. The van der Waals surface area contributed by atoms with Gasteiger partial charge in [0.2, 0.25) is 10.0 Å². The number of halogens is 1. The molecule has 1 aromatic carbocycles. The monoisotopic (exact) mass is 404 g/mol. The van der Waals surface area contributed by atoms with Crippen LogP contribution in [0.5, 0.6) is 0 Å². The van der Waals surface area contributed by atoms with Crippen molar-refractivity contribution in [2.24, 2.45) is 11.7 Å². The molecule has 0 radical (unpaired) electrons. The number of fused-ring (bicyclic) bond motifs is 1. The topological polar surface area (TPSA) is 98.5 Å². The summed E-state index contributed by atoms with van der Waals surface area (Å²) in [5, 5.41) is 0.710. The molecule has 1 saturated carbocycles. The summed E-state index contributed by atoms with van der Waals surface area (Å²) in [4.78, 5) is 12.5. The van der Waals surface area contributed by atoms with Crippen molar-refractivity contribution in [2.45, 2.75) is 30.7 Å². The molecule has 6 nitrogen and oxygen atoms in total. The molecule has 0 spiro atoms. The number of carbonyl (C=O) groups is 1. The van der Waals surface area contributed by atoms with Gasteiger partial charge in [0, 0.05) is 17.3 Å². The third-order valence-corrected chi connectivity index (χ3v) is 6.61. The van der Waals surface area contributed by atoms with Crippen LogP contribution in [0.3, 0.4) is 0 Å². The Morgan fingerprint density at radius 2 is 2.12 bits per heavy atom.